The largest absolute Gasteiger partial charge is 0.383 e. The molecule has 0 aliphatic carbocycles. The molecule has 1 rings (SSSR count). The third kappa shape index (κ3) is 4.28. The highest BCUT2D eigenvalue weighted by atomic mass is 35.5. The Balaban J connectivity index is 0.00000225. The van der Waals surface area contributed by atoms with Gasteiger partial charge in [0.25, 0.3) is 0 Å². The molecule has 0 bridgehead atoms. The lowest BCUT2D eigenvalue weighted by Crippen LogP contribution is -2.47. The molecule has 1 N–H and O–H groups in total. The number of nitrogens with one attached hydrogen (secondary N) is 1. The van der Waals surface area contributed by atoms with Crippen LogP contribution < -0.4 is 5.32 Å². The minimum absolute atomic E-state index is 0. The maximum Gasteiger partial charge on any atom is 0.227 e. The number of ether oxygens (including phenoxy) is 1. The zero-order chi connectivity index (χ0) is 11.3. The van der Waals surface area contributed by atoms with Crippen LogP contribution in [0.25, 0.3) is 0 Å². The number of hydrogen-bond acceptors (Lipinski definition) is 3. The second-order valence-corrected chi connectivity index (χ2v) is 4.24. The lowest BCUT2D eigenvalue weighted by atomic mass is 9.91. The summed E-state index contributed by atoms with van der Waals surface area (Å²) in [7, 11) is 3.51. The molecule has 0 spiro atoms. The van der Waals surface area contributed by atoms with Crippen molar-refractivity contribution in [2.45, 2.75) is 25.8 Å². The summed E-state index contributed by atoms with van der Waals surface area (Å²) in [5, 5.41) is 3.35. The van der Waals surface area contributed by atoms with Gasteiger partial charge in [0.1, 0.15) is 0 Å². The van der Waals surface area contributed by atoms with E-state index in [1.165, 1.54) is 0 Å². The van der Waals surface area contributed by atoms with Crippen LogP contribution in [0.5, 0.6) is 0 Å². The molecule has 1 aliphatic heterocycles. The zero-order valence-electron chi connectivity index (χ0n) is 10.4. The summed E-state index contributed by atoms with van der Waals surface area (Å²) in [6, 6.07) is 0.302. The Kier molecular flexibility index (Phi) is 7.72. The van der Waals surface area contributed by atoms with E-state index in [9.17, 15) is 4.79 Å². The second kappa shape index (κ2) is 7.87. The van der Waals surface area contributed by atoms with Gasteiger partial charge >= 0.3 is 0 Å². The van der Waals surface area contributed by atoms with E-state index in [1.807, 2.05) is 7.05 Å². The van der Waals surface area contributed by atoms with E-state index in [-0.39, 0.29) is 24.2 Å². The lowest BCUT2D eigenvalue weighted by Gasteiger charge is -2.32. The van der Waals surface area contributed by atoms with Gasteiger partial charge in [-0.2, -0.15) is 0 Å². The van der Waals surface area contributed by atoms with Gasteiger partial charge in [-0.3, -0.25) is 4.79 Å². The summed E-state index contributed by atoms with van der Waals surface area (Å²) in [4.78, 5) is 13.8. The monoisotopic (exact) mass is 250 g/mol. The molecule has 16 heavy (non-hydrogen) atoms. The fraction of sp³-hybridized carbons (Fsp3) is 0.909. The predicted octanol–water partition coefficient (Wildman–Crippen LogP) is 0.901. The first-order valence-corrected chi connectivity index (χ1v) is 5.64. The van der Waals surface area contributed by atoms with Crippen molar-refractivity contribution in [3.05, 3.63) is 0 Å². The second-order valence-electron chi connectivity index (χ2n) is 4.24. The van der Waals surface area contributed by atoms with Gasteiger partial charge in [0.2, 0.25) is 5.91 Å². The minimum Gasteiger partial charge on any atom is -0.383 e. The highest BCUT2D eigenvalue weighted by Gasteiger charge is 2.29. The molecule has 4 nitrogen and oxygen atoms in total. The van der Waals surface area contributed by atoms with E-state index in [1.54, 1.807) is 12.0 Å². The van der Waals surface area contributed by atoms with Crippen molar-refractivity contribution >= 4 is 18.3 Å². The summed E-state index contributed by atoms with van der Waals surface area (Å²) >= 11 is 0. The van der Waals surface area contributed by atoms with Crippen LogP contribution >= 0.6 is 12.4 Å². The molecule has 0 aromatic carbocycles. The molecule has 1 amide bonds. The zero-order valence-corrected chi connectivity index (χ0v) is 11.2. The maximum atomic E-state index is 12.0. The van der Waals surface area contributed by atoms with Crippen LogP contribution in [0.1, 0.15) is 19.8 Å². The minimum atomic E-state index is 0. The first kappa shape index (κ1) is 15.7. The van der Waals surface area contributed by atoms with Gasteiger partial charge in [0.15, 0.2) is 0 Å². The van der Waals surface area contributed by atoms with Gasteiger partial charge in [-0.05, 0) is 26.3 Å². The summed E-state index contributed by atoms with van der Waals surface area (Å²) in [6.45, 7) is 4.41. The molecular formula is C11H23ClN2O2. The third-order valence-corrected chi connectivity index (χ3v) is 3.09. The molecule has 1 saturated heterocycles. The standard InChI is InChI=1S/C11H22N2O2.ClH/c1-9-10(5-4-6-12-9)11(14)13(2)7-8-15-3;/h9-10,12H,4-8H2,1-3H3;1H/t9-,10-;/m1./s1. The van der Waals surface area contributed by atoms with Gasteiger partial charge in [-0.25, -0.2) is 0 Å². The van der Waals surface area contributed by atoms with Crippen LogP contribution in [0, 0.1) is 5.92 Å². The molecular weight excluding hydrogens is 228 g/mol. The van der Waals surface area contributed by atoms with Crippen molar-refractivity contribution in [1.82, 2.24) is 10.2 Å². The fourth-order valence-corrected chi connectivity index (χ4v) is 2.00. The Morgan fingerprint density at radius 1 is 1.56 bits per heavy atom. The number of likely N-dealkylation sites (N-methyl/N-ethyl adjacent to an activating group) is 1. The van der Waals surface area contributed by atoms with E-state index in [0.717, 1.165) is 19.4 Å². The number of halogens is 1. The summed E-state index contributed by atoms with van der Waals surface area (Å²) in [6.07, 6.45) is 2.10. The molecule has 1 fully saturated rings. The molecule has 0 radical (unpaired) electrons. The Morgan fingerprint density at radius 3 is 2.81 bits per heavy atom. The van der Waals surface area contributed by atoms with Gasteiger partial charge in [0.05, 0.1) is 12.5 Å². The number of carbonyl (C=O) groups is 1. The van der Waals surface area contributed by atoms with E-state index >= 15 is 0 Å². The topological polar surface area (TPSA) is 41.6 Å². The fourth-order valence-electron chi connectivity index (χ4n) is 2.00. The van der Waals surface area contributed by atoms with E-state index in [4.69, 9.17) is 4.74 Å². The van der Waals surface area contributed by atoms with Crippen molar-refractivity contribution < 1.29 is 9.53 Å². The predicted molar refractivity (Wildman–Crippen MR) is 66.9 cm³/mol. The van der Waals surface area contributed by atoms with Crippen molar-refractivity contribution in [1.29, 1.82) is 0 Å². The Hall–Kier alpha value is -0.320. The number of carbonyl (C=O) groups excluding carboxylic acids is 1. The van der Waals surface area contributed by atoms with Gasteiger partial charge in [-0.15, -0.1) is 12.4 Å². The smallest absolute Gasteiger partial charge is 0.227 e. The van der Waals surface area contributed by atoms with Gasteiger partial charge < -0.3 is 15.0 Å². The van der Waals surface area contributed by atoms with E-state index in [0.29, 0.717) is 19.2 Å². The Morgan fingerprint density at radius 2 is 2.25 bits per heavy atom. The number of amides is 1. The van der Waals surface area contributed by atoms with Crippen LogP contribution in [0.4, 0.5) is 0 Å². The quantitative estimate of drug-likeness (QED) is 0.806. The number of rotatable bonds is 4. The number of nitrogens with zero attached hydrogens (tertiary/aromatic N) is 1. The molecule has 5 heteroatoms. The highest BCUT2D eigenvalue weighted by Crippen LogP contribution is 2.18. The number of hydrogen-bond donors (Lipinski definition) is 1. The molecule has 0 saturated carbocycles. The van der Waals surface area contributed by atoms with Crippen LogP contribution in [0.3, 0.4) is 0 Å². The first-order chi connectivity index (χ1) is 7.16. The van der Waals surface area contributed by atoms with E-state index < -0.39 is 0 Å². The average Bonchev–Trinajstić information content (AvgIpc) is 2.25. The Labute approximate surface area is 104 Å². The molecule has 0 unspecified atom stereocenters. The summed E-state index contributed by atoms with van der Waals surface area (Å²) in [5.74, 6) is 0.382. The number of piperidine rings is 1. The molecule has 1 heterocycles. The summed E-state index contributed by atoms with van der Waals surface area (Å²) in [5.41, 5.74) is 0. The van der Waals surface area contributed by atoms with Crippen molar-refractivity contribution in [2.75, 3.05) is 33.9 Å². The normalized spacial score (nSPS) is 24.7. The number of methoxy groups -OCH3 is 1. The van der Waals surface area contributed by atoms with Crippen LogP contribution in [-0.4, -0.2) is 50.7 Å². The molecule has 1 aliphatic rings. The molecule has 2 atom stereocenters. The maximum absolute atomic E-state index is 12.0. The van der Waals surface area contributed by atoms with Crippen molar-refractivity contribution in [3.63, 3.8) is 0 Å². The van der Waals surface area contributed by atoms with E-state index in [2.05, 4.69) is 12.2 Å². The lowest BCUT2D eigenvalue weighted by molar-refractivity contribution is -0.136. The van der Waals surface area contributed by atoms with Crippen molar-refractivity contribution in [2.24, 2.45) is 5.92 Å². The summed E-state index contributed by atoms with van der Waals surface area (Å²) < 4.78 is 4.97. The Bertz CT molecular complexity index is 214. The van der Waals surface area contributed by atoms with Crippen LogP contribution in [0.2, 0.25) is 0 Å². The molecule has 0 aromatic rings. The van der Waals surface area contributed by atoms with Gasteiger partial charge in [-0.1, -0.05) is 0 Å². The molecule has 96 valence electrons. The van der Waals surface area contributed by atoms with Crippen LogP contribution in [-0.2, 0) is 9.53 Å². The average molecular weight is 251 g/mol. The first-order valence-electron chi connectivity index (χ1n) is 5.64. The third-order valence-electron chi connectivity index (χ3n) is 3.09. The SMILES string of the molecule is COCCN(C)C(=O)[C@@H]1CCCN[C@@H]1C.Cl. The molecule has 0 aromatic heterocycles. The van der Waals surface area contributed by atoms with Crippen molar-refractivity contribution in [3.8, 4) is 0 Å². The highest BCUT2D eigenvalue weighted by molar-refractivity contribution is 5.85. The van der Waals surface area contributed by atoms with Crippen LogP contribution in [0.15, 0.2) is 0 Å². The van der Waals surface area contributed by atoms with Gasteiger partial charge in [0, 0.05) is 26.7 Å².